The van der Waals surface area contributed by atoms with E-state index in [4.69, 9.17) is 0 Å². The fourth-order valence-corrected chi connectivity index (χ4v) is 2.03. The van der Waals surface area contributed by atoms with Gasteiger partial charge in [0.1, 0.15) is 0 Å². The zero-order valence-electron chi connectivity index (χ0n) is 7.77. The lowest BCUT2D eigenvalue weighted by atomic mass is 9.89. The second-order valence-corrected chi connectivity index (χ2v) is 4.15. The van der Waals surface area contributed by atoms with E-state index in [2.05, 4.69) is 13.8 Å². The van der Waals surface area contributed by atoms with Crippen LogP contribution in [-0.4, -0.2) is 10.7 Å². The largest absolute Gasteiger partial charge is 0.390 e. The molecule has 1 N–H and O–H groups in total. The van der Waals surface area contributed by atoms with Crippen molar-refractivity contribution in [3.8, 4) is 0 Å². The average molecular weight is 156 g/mol. The summed E-state index contributed by atoms with van der Waals surface area (Å²) in [5.74, 6) is 0.693. The quantitative estimate of drug-likeness (QED) is 0.666. The molecule has 1 saturated carbocycles. The molecule has 0 aromatic heterocycles. The fraction of sp³-hybridized carbons (Fsp3) is 1.00. The van der Waals surface area contributed by atoms with Gasteiger partial charge in [-0.25, -0.2) is 0 Å². The molecule has 0 bridgehead atoms. The summed E-state index contributed by atoms with van der Waals surface area (Å²) in [7, 11) is 0. The summed E-state index contributed by atoms with van der Waals surface area (Å²) in [6.07, 6.45) is 6.75. The van der Waals surface area contributed by atoms with Crippen molar-refractivity contribution in [1.29, 1.82) is 0 Å². The molecule has 0 aromatic carbocycles. The molecule has 0 heterocycles. The molecular weight excluding hydrogens is 136 g/mol. The number of hydrogen-bond donors (Lipinski definition) is 1. The van der Waals surface area contributed by atoms with Gasteiger partial charge in [-0.15, -0.1) is 0 Å². The molecule has 0 saturated heterocycles. The van der Waals surface area contributed by atoms with Gasteiger partial charge in [0.25, 0.3) is 0 Å². The molecule has 11 heavy (non-hydrogen) atoms. The summed E-state index contributed by atoms with van der Waals surface area (Å²) in [6, 6.07) is 0. The van der Waals surface area contributed by atoms with E-state index in [-0.39, 0.29) is 5.60 Å². The predicted octanol–water partition coefficient (Wildman–Crippen LogP) is 2.73. The Morgan fingerprint density at radius 3 is 2.36 bits per heavy atom. The Morgan fingerprint density at radius 2 is 1.91 bits per heavy atom. The average Bonchev–Trinajstić information content (AvgIpc) is 2.36. The predicted molar refractivity (Wildman–Crippen MR) is 47.5 cm³/mol. The van der Waals surface area contributed by atoms with Gasteiger partial charge < -0.3 is 5.11 Å². The molecule has 0 spiro atoms. The van der Waals surface area contributed by atoms with Gasteiger partial charge in [-0.05, 0) is 25.2 Å². The zero-order valence-corrected chi connectivity index (χ0v) is 7.77. The van der Waals surface area contributed by atoms with Crippen molar-refractivity contribution in [3.63, 3.8) is 0 Å². The molecule has 0 aliphatic heterocycles. The van der Waals surface area contributed by atoms with Crippen LogP contribution in [0.25, 0.3) is 0 Å². The van der Waals surface area contributed by atoms with Gasteiger partial charge in [0.15, 0.2) is 0 Å². The van der Waals surface area contributed by atoms with Crippen molar-refractivity contribution in [1.82, 2.24) is 0 Å². The van der Waals surface area contributed by atoms with Crippen molar-refractivity contribution in [3.05, 3.63) is 0 Å². The molecular formula is C10H20O. The highest BCUT2D eigenvalue weighted by atomic mass is 16.3. The van der Waals surface area contributed by atoms with Crippen LogP contribution in [0.4, 0.5) is 0 Å². The van der Waals surface area contributed by atoms with Crippen LogP contribution in [-0.2, 0) is 0 Å². The van der Waals surface area contributed by atoms with E-state index in [1.807, 2.05) is 0 Å². The smallest absolute Gasteiger partial charge is 0.0650 e. The Balaban J connectivity index is 2.33. The second kappa shape index (κ2) is 3.57. The normalized spacial score (nSPS) is 25.4. The lowest BCUT2D eigenvalue weighted by Gasteiger charge is -2.25. The summed E-state index contributed by atoms with van der Waals surface area (Å²) in [4.78, 5) is 0. The summed E-state index contributed by atoms with van der Waals surface area (Å²) >= 11 is 0. The van der Waals surface area contributed by atoms with E-state index in [1.54, 1.807) is 0 Å². The van der Waals surface area contributed by atoms with Gasteiger partial charge in [-0.3, -0.25) is 0 Å². The van der Waals surface area contributed by atoms with Gasteiger partial charge in [-0.2, -0.15) is 0 Å². The number of hydrogen-bond acceptors (Lipinski definition) is 1. The van der Waals surface area contributed by atoms with Gasteiger partial charge in [0.05, 0.1) is 5.60 Å². The van der Waals surface area contributed by atoms with E-state index >= 15 is 0 Å². The topological polar surface area (TPSA) is 20.2 Å². The van der Waals surface area contributed by atoms with Crippen molar-refractivity contribution in [2.24, 2.45) is 5.92 Å². The molecule has 0 aromatic rings. The maximum Gasteiger partial charge on any atom is 0.0650 e. The van der Waals surface area contributed by atoms with Crippen molar-refractivity contribution < 1.29 is 5.11 Å². The first kappa shape index (κ1) is 9.05. The van der Waals surface area contributed by atoms with Crippen molar-refractivity contribution in [2.75, 3.05) is 0 Å². The summed E-state index contributed by atoms with van der Waals surface area (Å²) in [6.45, 7) is 4.43. The highest BCUT2D eigenvalue weighted by molar-refractivity contribution is 4.85. The third kappa shape index (κ3) is 2.48. The first-order valence-electron chi connectivity index (χ1n) is 4.89. The van der Waals surface area contributed by atoms with Gasteiger partial charge in [0, 0.05) is 0 Å². The van der Waals surface area contributed by atoms with Crippen LogP contribution in [0, 0.1) is 5.92 Å². The standard InChI is InChI=1S/C10H20O/c1-3-9(2)8-10(11)6-4-5-7-10/h9,11H,3-8H2,1-2H3. The maximum atomic E-state index is 9.99. The lowest BCUT2D eigenvalue weighted by Crippen LogP contribution is -2.26. The highest BCUT2D eigenvalue weighted by Crippen LogP contribution is 2.35. The number of rotatable bonds is 3. The molecule has 1 nitrogen and oxygen atoms in total. The highest BCUT2D eigenvalue weighted by Gasteiger charge is 2.31. The van der Waals surface area contributed by atoms with Crippen LogP contribution in [0.15, 0.2) is 0 Å². The van der Waals surface area contributed by atoms with Crippen LogP contribution in [0.3, 0.4) is 0 Å². The molecule has 1 atom stereocenters. The molecule has 1 rings (SSSR count). The molecule has 1 fully saturated rings. The van der Waals surface area contributed by atoms with Gasteiger partial charge in [-0.1, -0.05) is 33.1 Å². The van der Waals surface area contributed by atoms with E-state index in [0.717, 1.165) is 19.3 Å². The molecule has 1 aliphatic rings. The summed E-state index contributed by atoms with van der Waals surface area (Å²) in [5, 5.41) is 9.99. The van der Waals surface area contributed by atoms with E-state index < -0.39 is 0 Å². The second-order valence-electron chi connectivity index (χ2n) is 4.15. The Morgan fingerprint density at radius 1 is 1.36 bits per heavy atom. The van der Waals surface area contributed by atoms with Crippen LogP contribution >= 0.6 is 0 Å². The minimum absolute atomic E-state index is 0.282. The molecule has 66 valence electrons. The van der Waals surface area contributed by atoms with Crippen LogP contribution in [0.5, 0.6) is 0 Å². The monoisotopic (exact) mass is 156 g/mol. The fourth-order valence-electron chi connectivity index (χ4n) is 2.03. The Kier molecular flexibility index (Phi) is 2.94. The van der Waals surface area contributed by atoms with E-state index in [1.165, 1.54) is 19.3 Å². The minimum Gasteiger partial charge on any atom is -0.390 e. The zero-order chi connectivity index (χ0) is 8.32. The van der Waals surface area contributed by atoms with Crippen molar-refractivity contribution >= 4 is 0 Å². The summed E-state index contributed by atoms with van der Waals surface area (Å²) < 4.78 is 0. The Hall–Kier alpha value is -0.0400. The first-order valence-corrected chi connectivity index (χ1v) is 4.89. The first-order chi connectivity index (χ1) is 5.16. The van der Waals surface area contributed by atoms with Crippen LogP contribution < -0.4 is 0 Å². The van der Waals surface area contributed by atoms with Gasteiger partial charge >= 0.3 is 0 Å². The number of aliphatic hydroxyl groups is 1. The van der Waals surface area contributed by atoms with Crippen LogP contribution in [0.1, 0.15) is 52.4 Å². The maximum absolute atomic E-state index is 9.99. The molecule has 1 unspecified atom stereocenters. The SMILES string of the molecule is CCC(C)CC1(O)CCCC1. The van der Waals surface area contributed by atoms with E-state index in [9.17, 15) is 5.11 Å². The Labute approximate surface area is 69.8 Å². The molecule has 0 amide bonds. The lowest BCUT2D eigenvalue weighted by molar-refractivity contribution is 0.0240. The Bertz CT molecular complexity index is 114. The third-order valence-corrected chi connectivity index (χ3v) is 2.96. The molecule has 1 heteroatoms. The minimum atomic E-state index is -0.282. The van der Waals surface area contributed by atoms with E-state index in [0.29, 0.717) is 5.92 Å². The van der Waals surface area contributed by atoms with Crippen LogP contribution in [0.2, 0.25) is 0 Å². The van der Waals surface area contributed by atoms with Gasteiger partial charge in [0.2, 0.25) is 0 Å². The van der Waals surface area contributed by atoms with Crippen molar-refractivity contribution in [2.45, 2.75) is 58.0 Å². The molecule has 1 aliphatic carbocycles. The third-order valence-electron chi connectivity index (χ3n) is 2.96. The molecule has 0 radical (unpaired) electrons. The summed E-state index contributed by atoms with van der Waals surface area (Å²) in [5.41, 5.74) is -0.282.